The number of aliphatic hydroxyl groups excluding tert-OH is 1. The van der Waals surface area contributed by atoms with Gasteiger partial charge in [-0.2, -0.15) is 10.5 Å². The number of unbranched alkanes of at least 4 members (excludes halogenated alkanes) is 5. The minimum Gasteiger partial charge on any atom is -0.489 e. The Balaban J connectivity index is 0.991. The number of rotatable bonds is 19. The first-order valence-electron chi connectivity index (χ1n) is 22.3. The summed E-state index contributed by atoms with van der Waals surface area (Å²) in [6.07, 6.45) is 6.74. The number of nitriles is 2. The van der Waals surface area contributed by atoms with Gasteiger partial charge >= 0.3 is 0 Å². The molecule has 12 heteroatoms. The Labute approximate surface area is 378 Å². The summed E-state index contributed by atoms with van der Waals surface area (Å²) in [5, 5.41) is 35.3. The molecule has 2 fully saturated rings. The lowest BCUT2D eigenvalue weighted by Gasteiger charge is -2.63. The molecule has 11 nitrogen and oxygen atoms in total. The van der Waals surface area contributed by atoms with Crippen molar-refractivity contribution in [3.05, 3.63) is 99.6 Å². The van der Waals surface area contributed by atoms with Gasteiger partial charge in [0, 0.05) is 54.3 Å². The summed E-state index contributed by atoms with van der Waals surface area (Å²) in [4.78, 5) is 55.2. The quantitative estimate of drug-likeness (QED) is 0.100. The van der Waals surface area contributed by atoms with Crippen molar-refractivity contribution >= 4 is 35.1 Å². The Hall–Kier alpha value is -5.23. The number of nitrogens with zero attached hydrogens (tertiary/aromatic N) is 3. The number of aliphatic hydroxyl groups is 1. The van der Waals surface area contributed by atoms with E-state index in [9.17, 15) is 29.5 Å². The van der Waals surface area contributed by atoms with E-state index < -0.39 is 23.6 Å². The number of Topliss-reactive ketones (excluding diaryl/α,β-unsaturated/α-hetero) is 1. The molecule has 1 saturated carbocycles. The number of hydrogen-bond donors (Lipinski definition) is 3. The largest absolute Gasteiger partial charge is 0.489 e. The number of carbonyl (C=O) groups is 4. The number of aryl methyl sites for hydroxylation is 2. The number of halogens is 1. The van der Waals surface area contributed by atoms with Crippen molar-refractivity contribution in [1.29, 1.82) is 10.5 Å². The van der Waals surface area contributed by atoms with Crippen molar-refractivity contribution in [1.82, 2.24) is 15.5 Å². The van der Waals surface area contributed by atoms with Crippen molar-refractivity contribution in [3.8, 4) is 17.9 Å². The molecular formula is C51H64ClN5O6. The number of likely N-dealkylation sites (tertiary alicyclic amines) is 1. The Morgan fingerprint density at radius 3 is 2.05 bits per heavy atom. The van der Waals surface area contributed by atoms with Gasteiger partial charge in [-0.3, -0.25) is 19.2 Å². The van der Waals surface area contributed by atoms with Crippen LogP contribution >= 0.6 is 11.6 Å². The molecule has 1 aliphatic carbocycles. The van der Waals surface area contributed by atoms with Gasteiger partial charge in [0.15, 0.2) is 5.78 Å². The number of hydrogen-bond acceptors (Lipinski definition) is 8. The van der Waals surface area contributed by atoms with Gasteiger partial charge in [-0.05, 0) is 78.6 Å². The Bertz CT molecular complexity index is 2170. The molecule has 5 rings (SSSR count). The SMILES string of the molecule is CC1(C)C(NC(=O)c2ccc(CCCCCCCCC(=O)N[C@H](C(=O)N3C[C@H](O)C[C@H]3C(=O)CCc3ccc(C#N)cc3)C(C)(C)C)cc2)C(C)(C)C1Oc1ccc(C#N)c(Cl)c1. The van der Waals surface area contributed by atoms with E-state index in [1.165, 1.54) is 10.5 Å². The Morgan fingerprint density at radius 2 is 1.44 bits per heavy atom. The molecule has 0 bridgehead atoms. The van der Waals surface area contributed by atoms with Crippen LogP contribution in [0.5, 0.6) is 5.75 Å². The highest BCUT2D eigenvalue weighted by molar-refractivity contribution is 6.31. The van der Waals surface area contributed by atoms with Crippen LogP contribution in [0.3, 0.4) is 0 Å². The topological polar surface area (TPSA) is 173 Å². The molecule has 1 heterocycles. The lowest BCUT2D eigenvalue weighted by molar-refractivity contribution is -0.164. The predicted octanol–water partition coefficient (Wildman–Crippen LogP) is 8.66. The summed E-state index contributed by atoms with van der Waals surface area (Å²) in [6, 6.07) is 22.3. The van der Waals surface area contributed by atoms with Gasteiger partial charge in [0.2, 0.25) is 11.8 Å². The van der Waals surface area contributed by atoms with Gasteiger partial charge in [0.25, 0.3) is 5.91 Å². The normalized spacial score (nSPS) is 20.4. The van der Waals surface area contributed by atoms with Gasteiger partial charge in [-0.1, -0.05) is 110 Å². The predicted molar refractivity (Wildman–Crippen MR) is 244 cm³/mol. The van der Waals surface area contributed by atoms with Crippen LogP contribution < -0.4 is 15.4 Å². The average molecular weight is 879 g/mol. The summed E-state index contributed by atoms with van der Waals surface area (Å²) in [7, 11) is 0. The van der Waals surface area contributed by atoms with Crippen LogP contribution in [0.4, 0.5) is 0 Å². The van der Waals surface area contributed by atoms with Gasteiger partial charge in [0.1, 0.15) is 24.0 Å². The Morgan fingerprint density at radius 1 is 0.841 bits per heavy atom. The second kappa shape index (κ2) is 21.0. The maximum Gasteiger partial charge on any atom is 0.251 e. The van der Waals surface area contributed by atoms with Gasteiger partial charge in [0.05, 0.1) is 34.4 Å². The van der Waals surface area contributed by atoms with Crippen molar-refractivity contribution in [3.63, 3.8) is 0 Å². The second-order valence-electron chi connectivity index (χ2n) is 19.7. The minimum atomic E-state index is -0.842. The molecule has 3 aromatic rings. The van der Waals surface area contributed by atoms with Crippen molar-refractivity contribution in [2.75, 3.05) is 6.54 Å². The van der Waals surface area contributed by atoms with Crippen molar-refractivity contribution < 1.29 is 29.0 Å². The number of β-amino-alcohol motifs (C(OH)–C–C–N with tert-alkyl or cyclic N) is 1. The van der Waals surface area contributed by atoms with Crippen LogP contribution in [-0.2, 0) is 27.2 Å². The molecule has 3 atom stereocenters. The molecule has 1 aliphatic heterocycles. The van der Waals surface area contributed by atoms with E-state index in [0.29, 0.717) is 46.7 Å². The molecule has 3 aromatic carbocycles. The summed E-state index contributed by atoms with van der Waals surface area (Å²) in [5.74, 6) is -0.214. The van der Waals surface area contributed by atoms with Crippen LogP contribution in [0.15, 0.2) is 66.7 Å². The third kappa shape index (κ3) is 12.3. The first-order valence-corrected chi connectivity index (χ1v) is 22.7. The van der Waals surface area contributed by atoms with Crippen molar-refractivity contribution in [2.24, 2.45) is 16.2 Å². The van der Waals surface area contributed by atoms with Crippen LogP contribution in [-0.4, -0.2) is 70.4 Å². The fourth-order valence-electron chi connectivity index (χ4n) is 9.55. The fourth-order valence-corrected chi connectivity index (χ4v) is 9.76. The summed E-state index contributed by atoms with van der Waals surface area (Å²) in [6.45, 7) is 14.0. The summed E-state index contributed by atoms with van der Waals surface area (Å²) in [5.41, 5.74) is 2.31. The number of amides is 3. The van der Waals surface area contributed by atoms with E-state index in [1.807, 2.05) is 57.2 Å². The van der Waals surface area contributed by atoms with Crippen LogP contribution in [0, 0.1) is 38.9 Å². The van der Waals surface area contributed by atoms with E-state index in [4.69, 9.17) is 21.6 Å². The zero-order valence-electron chi connectivity index (χ0n) is 37.9. The molecule has 1 saturated heterocycles. The average Bonchev–Trinajstić information content (AvgIpc) is 3.65. The number of benzene rings is 3. The zero-order chi connectivity index (χ0) is 46.1. The van der Waals surface area contributed by atoms with Gasteiger partial charge in [-0.25, -0.2) is 0 Å². The third-order valence-corrected chi connectivity index (χ3v) is 13.2. The van der Waals surface area contributed by atoms with E-state index in [0.717, 1.165) is 44.1 Å². The highest BCUT2D eigenvalue weighted by atomic mass is 35.5. The molecule has 2 aliphatic rings. The lowest BCUT2D eigenvalue weighted by atomic mass is 9.49. The first kappa shape index (κ1) is 48.8. The molecular weight excluding hydrogens is 814 g/mol. The molecule has 336 valence electrons. The molecule has 3 amide bonds. The van der Waals surface area contributed by atoms with Crippen LogP contribution in [0.1, 0.15) is 139 Å². The highest BCUT2D eigenvalue weighted by Crippen LogP contribution is 2.55. The second-order valence-corrected chi connectivity index (χ2v) is 20.1. The summed E-state index contributed by atoms with van der Waals surface area (Å²) < 4.78 is 6.36. The Kier molecular flexibility index (Phi) is 16.2. The molecule has 0 spiro atoms. The highest BCUT2D eigenvalue weighted by Gasteiger charge is 2.64. The first-order chi connectivity index (χ1) is 29.8. The van der Waals surface area contributed by atoms with Gasteiger partial charge < -0.3 is 25.4 Å². The van der Waals surface area contributed by atoms with Crippen LogP contribution in [0.2, 0.25) is 5.02 Å². The zero-order valence-corrected chi connectivity index (χ0v) is 38.7. The van der Waals surface area contributed by atoms with Crippen LogP contribution in [0.25, 0.3) is 0 Å². The standard InChI is InChI=1S/C51H64ClN5O6/c1-49(2,3)44(46(62)57-32-38(58)28-41(57)42(59)27-22-34-16-18-35(30-53)19-17-34)55-43(60)15-13-11-9-8-10-12-14-33-20-23-36(24-21-33)45(61)56-47-50(4,5)48(51(47,6)7)63-39-26-25-37(31-54)40(52)29-39/h16-21,23-26,29,38,41,44,47-48,58H,8-15,22,27-28,32H2,1-7H3,(H,55,60)(H,56,61)/t38-,41+,44-,47?,48?/m1/s1. The number of ketones is 1. The molecule has 0 aromatic heterocycles. The van der Waals surface area contributed by atoms with E-state index in [-0.39, 0.29) is 65.9 Å². The molecule has 63 heavy (non-hydrogen) atoms. The van der Waals surface area contributed by atoms with E-state index in [1.54, 1.807) is 30.3 Å². The number of ether oxygens (including phenoxy) is 1. The van der Waals surface area contributed by atoms with E-state index >= 15 is 0 Å². The van der Waals surface area contributed by atoms with Crippen molar-refractivity contribution in [2.45, 2.75) is 149 Å². The fraction of sp³-hybridized carbons (Fsp3) is 0.529. The molecule has 0 unspecified atom stereocenters. The third-order valence-electron chi connectivity index (χ3n) is 12.9. The molecule has 3 N–H and O–H groups in total. The smallest absolute Gasteiger partial charge is 0.251 e. The summed E-state index contributed by atoms with van der Waals surface area (Å²) >= 11 is 6.24. The minimum absolute atomic E-state index is 0.0486. The maximum absolute atomic E-state index is 13.9. The number of carbonyl (C=O) groups excluding carboxylic acids is 4. The molecule has 0 radical (unpaired) electrons. The van der Waals surface area contributed by atoms with E-state index in [2.05, 4.69) is 50.5 Å². The monoisotopic (exact) mass is 877 g/mol. The van der Waals surface area contributed by atoms with Gasteiger partial charge in [-0.15, -0.1) is 0 Å². The lowest BCUT2D eigenvalue weighted by Crippen LogP contribution is -2.74. The number of nitrogens with one attached hydrogen (secondary N) is 2. The maximum atomic E-state index is 13.9.